The molecule has 2 saturated heterocycles. The first kappa shape index (κ1) is 13.4. The zero-order valence-electron chi connectivity index (χ0n) is 11.7. The van der Waals surface area contributed by atoms with Gasteiger partial charge in [-0.25, -0.2) is 4.39 Å². The number of carbonyl (C=O) groups is 1. The van der Waals surface area contributed by atoms with Gasteiger partial charge in [-0.05, 0) is 44.9 Å². The number of hydrogen-bond acceptors (Lipinski definition) is 3. The normalized spacial score (nSPS) is 25.7. The lowest BCUT2D eigenvalue weighted by Gasteiger charge is -2.23. The predicted octanol–water partition coefficient (Wildman–Crippen LogP) is 1.88. The molecule has 2 aliphatic rings. The largest absolute Gasteiger partial charge is 0.380 e. The SMILES string of the molecule is Cc1c(F)cc(C(N)=O)cc1NC1CCN2CCCC12. The van der Waals surface area contributed by atoms with Crippen molar-refractivity contribution >= 4 is 11.6 Å². The fraction of sp³-hybridized carbons (Fsp3) is 0.533. The van der Waals surface area contributed by atoms with Crippen LogP contribution in [0.2, 0.25) is 0 Å². The molecule has 5 heteroatoms. The highest BCUT2D eigenvalue weighted by molar-refractivity contribution is 5.94. The molecule has 3 rings (SSSR count). The van der Waals surface area contributed by atoms with Gasteiger partial charge in [0.25, 0.3) is 0 Å². The number of nitrogens with one attached hydrogen (secondary N) is 1. The summed E-state index contributed by atoms with van der Waals surface area (Å²) in [7, 11) is 0. The number of rotatable bonds is 3. The number of carbonyl (C=O) groups excluding carboxylic acids is 1. The second kappa shape index (κ2) is 5.05. The maximum Gasteiger partial charge on any atom is 0.248 e. The van der Waals surface area contributed by atoms with Crippen LogP contribution >= 0.6 is 0 Å². The van der Waals surface area contributed by atoms with Gasteiger partial charge in [-0.2, -0.15) is 0 Å². The summed E-state index contributed by atoms with van der Waals surface area (Å²) < 4.78 is 13.9. The minimum atomic E-state index is -0.596. The number of fused-ring (bicyclic) bond motifs is 1. The van der Waals surface area contributed by atoms with Crippen molar-refractivity contribution in [2.24, 2.45) is 5.73 Å². The Bertz CT molecular complexity index is 546. The molecule has 0 aromatic heterocycles. The minimum absolute atomic E-state index is 0.219. The smallest absolute Gasteiger partial charge is 0.248 e. The van der Waals surface area contributed by atoms with Crippen LogP contribution < -0.4 is 11.1 Å². The van der Waals surface area contributed by atoms with Crippen LogP contribution in [0.4, 0.5) is 10.1 Å². The Balaban J connectivity index is 1.85. The molecular formula is C15H20FN3O. The summed E-state index contributed by atoms with van der Waals surface area (Å²) in [5.74, 6) is -0.981. The summed E-state index contributed by atoms with van der Waals surface area (Å²) in [6.45, 7) is 3.99. The van der Waals surface area contributed by atoms with Crippen LogP contribution in [0.15, 0.2) is 12.1 Å². The van der Waals surface area contributed by atoms with Gasteiger partial charge in [0.2, 0.25) is 5.91 Å². The third kappa shape index (κ3) is 2.26. The van der Waals surface area contributed by atoms with Crippen LogP contribution in [-0.2, 0) is 0 Å². The van der Waals surface area contributed by atoms with Crippen molar-refractivity contribution in [3.8, 4) is 0 Å². The maximum atomic E-state index is 13.9. The average Bonchev–Trinajstić information content (AvgIpc) is 2.99. The molecule has 108 valence electrons. The van der Waals surface area contributed by atoms with Gasteiger partial charge in [0, 0.05) is 35.4 Å². The van der Waals surface area contributed by atoms with E-state index in [0.717, 1.165) is 19.5 Å². The van der Waals surface area contributed by atoms with E-state index in [0.29, 0.717) is 23.3 Å². The number of hydrogen-bond donors (Lipinski definition) is 2. The number of halogens is 1. The zero-order valence-corrected chi connectivity index (χ0v) is 11.7. The predicted molar refractivity (Wildman–Crippen MR) is 76.3 cm³/mol. The van der Waals surface area contributed by atoms with Crippen LogP contribution in [-0.4, -0.2) is 36.0 Å². The van der Waals surface area contributed by atoms with Gasteiger partial charge >= 0.3 is 0 Å². The van der Waals surface area contributed by atoms with E-state index in [9.17, 15) is 9.18 Å². The molecule has 3 N–H and O–H groups in total. The van der Waals surface area contributed by atoms with Crippen LogP contribution in [0.1, 0.15) is 35.2 Å². The van der Waals surface area contributed by atoms with E-state index in [1.165, 1.54) is 18.9 Å². The molecular weight excluding hydrogens is 257 g/mol. The Morgan fingerprint density at radius 3 is 2.95 bits per heavy atom. The highest BCUT2D eigenvalue weighted by Crippen LogP contribution is 2.31. The highest BCUT2D eigenvalue weighted by atomic mass is 19.1. The summed E-state index contributed by atoms with van der Waals surface area (Å²) in [6, 6.07) is 3.74. The van der Waals surface area contributed by atoms with Crippen molar-refractivity contribution < 1.29 is 9.18 Å². The third-order valence-electron chi connectivity index (χ3n) is 4.58. The van der Waals surface area contributed by atoms with Crippen LogP contribution in [0.3, 0.4) is 0 Å². The standard InChI is InChI=1S/C15H20FN3O/c1-9-11(16)7-10(15(17)20)8-13(9)18-12-4-6-19-5-2-3-14(12)19/h7-8,12,14,18H,2-6H2,1H3,(H2,17,20). The van der Waals surface area contributed by atoms with Gasteiger partial charge in [0.15, 0.2) is 0 Å². The Labute approximate surface area is 118 Å². The average molecular weight is 277 g/mol. The number of anilines is 1. The van der Waals surface area contributed by atoms with E-state index in [4.69, 9.17) is 5.73 Å². The van der Waals surface area contributed by atoms with Gasteiger partial charge in [-0.15, -0.1) is 0 Å². The van der Waals surface area contributed by atoms with Gasteiger partial charge in [0.05, 0.1) is 0 Å². The topological polar surface area (TPSA) is 58.4 Å². The maximum absolute atomic E-state index is 13.9. The molecule has 2 unspecified atom stereocenters. The number of primary amides is 1. The molecule has 4 nitrogen and oxygen atoms in total. The van der Waals surface area contributed by atoms with E-state index >= 15 is 0 Å². The summed E-state index contributed by atoms with van der Waals surface area (Å²) in [6.07, 6.45) is 3.48. The molecule has 1 aromatic rings. The van der Waals surface area contributed by atoms with Crippen molar-refractivity contribution in [1.82, 2.24) is 4.90 Å². The molecule has 20 heavy (non-hydrogen) atoms. The van der Waals surface area contributed by atoms with Gasteiger partial charge in [-0.1, -0.05) is 0 Å². The van der Waals surface area contributed by atoms with Crippen molar-refractivity contribution in [3.05, 3.63) is 29.1 Å². The van der Waals surface area contributed by atoms with E-state index in [2.05, 4.69) is 10.2 Å². The number of amides is 1. The lowest BCUT2D eigenvalue weighted by molar-refractivity contribution is 0.1000. The molecule has 1 aromatic carbocycles. The summed E-state index contributed by atoms with van der Waals surface area (Å²) in [5.41, 5.74) is 6.71. The molecule has 2 atom stereocenters. The van der Waals surface area contributed by atoms with Crippen molar-refractivity contribution in [3.63, 3.8) is 0 Å². The zero-order chi connectivity index (χ0) is 14.3. The van der Waals surface area contributed by atoms with Gasteiger partial charge in [0.1, 0.15) is 5.82 Å². The molecule has 2 heterocycles. The molecule has 0 radical (unpaired) electrons. The summed E-state index contributed by atoms with van der Waals surface area (Å²) in [5, 5.41) is 3.43. The molecule has 2 aliphatic heterocycles. The molecule has 0 spiro atoms. The summed E-state index contributed by atoms with van der Waals surface area (Å²) >= 11 is 0. The number of benzene rings is 1. The van der Waals surface area contributed by atoms with Crippen molar-refractivity contribution in [2.75, 3.05) is 18.4 Å². The Morgan fingerprint density at radius 2 is 2.20 bits per heavy atom. The summed E-state index contributed by atoms with van der Waals surface area (Å²) in [4.78, 5) is 13.7. The molecule has 0 saturated carbocycles. The third-order valence-corrected chi connectivity index (χ3v) is 4.58. The Morgan fingerprint density at radius 1 is 1.40 bits per heavy atom. The number of nitrogens with zero attached hydrogens (tertiary/aromatic N) is 1. The van der Waals surface area contributed by atoms with Crippen LogP contribution in [0, 0.1) is 12.7 Å². The van der Waals surface area contributed by atoms with Crippen molar-refractivity contribution in [2.45, 2.75) is 38.3 Å². The first-order valence-corrected chi connectivity index (χ1v) is 7.17. The Hall–Kier alpha value is -1.62. The van der Waals surface area contributed by atoms with Crippen LogP contribution in [0.5, 0.6) is 0 Å². The second-order valence-electron chi connectivity index (χ2n) is 5.78. The molecule has 0 bridgehead atoms. The highest BCUT2D eigenvalue weighted by Gasteiger charge is 2.37. The van der Waals surface area contributed by atoms with Crippen molar-refractivity contribution in [1.29, 1.82) is 0 Å². The molecule has 2 fully saturated rings. The first-order chi connectivity index (χ1) is 9.56. The quantitative estimate of drug-likeness (QED) is 0.887. The van der Waals surface area contributed by atoms with E-state index < -0.39 is 5.91 Å². The molecule has 0 aliphatic carbocycles. The Kier molecular flexibility index (Phi) is 3.38. The monoisotopic (exact) mass is 277 g/mol. The molecule has 1 amide bonds. The minimum Gasteiger partial charge on any atom is -0.380 e. The fourth-order valence-electron chi connectivity index (χ4n) is 3.42. The first-order valence-electron chi connectivity index (χ1n) is 7.17. The van der Waals surface area contributed by atoms with E-state index in [1.54, 1.807) is 13.0 Å². The fourth-order valence-corrected chi connectivity index (χ4v) is 3.42. The number of nitrogens with two attached hydrogens (primary N) is 1. The van der Waals surface area contributed by atoms with Crippen LogP contribution in [0.25, 0.3) is 0 Å². The van der Waals surface area contributed by atoms with Gasteiger partial charge < -0.3 is 11.1 Å². The van der Waals surface area contributed by atoms with Gasteiger partial charge in [-0.3, -0.25) is 9.69 Å². The second-order valence-corrected chi connectivity index (χ2v) is 5.78. The lowest BCUT2D eigenvalue weighted by atomic mass is 10.0. The lowest BCUT2D eigenvalue weighted by Crippen LogP contribution is -2.34. The van der Waals surface area contributed by atoms with E-state index in [1.807, 2.05) is 0 Å². The van der Waals surface area contributed by atoms with E-state index in [-0.39, 0.29) is 11.4 Å².